The van der Waals surface area contributed by atoms with Gasteiger partial charge in [-0.1, -0.05) is 0 Å². The molecule has 1 amide bonds. The van der Waals surface area contributed by atoms with Gasteiger partial charge in [-0.15, -0.1) is 0 Å². The third-order valence-corrected chi connectivity index (χ3v) is 3.30. The maximum Gasteiger partial charge on any atom is 0.250 e. The van der Waals surface area contributed by atoms with Crippen molar-refractivity contribution in [1.82, 2.24) is 4.98 Å². The minimum absolute atomic E-state index is 0.335. The number of amides is 1. The fraction of sp³-hybridized carbons (Fsp3) is 0.500. The molecule has 1 aliphatic carbocycles. The van der Waals surface area contributed by atoms with E-state index in [0.717, 1.165) is 5.82 Å². The molecule has 1 aromatic rings. The van der Waals surface area contributed by atoms with Gasteiger partial charge in [-0.2, -0.15) is 0 Å². The van der Waals surface area contributed by atoms with Crippen molar-refractivity contribution in [3.05, 3.63) is 23.9 Å². The number of pyridine rings is 1. The maximum absolute atomic E-state index is 10.9. The Morgan fingerprint density at radius 3 is 2.71 bits per heavy atom. The number of primary amides is 1. The standard InChI is InChI=1S/C12H18N4O/c1-16(10(6-13)8-2-3-8)11-5-4-9(7-15-11)12(14)17/h4-5,7-8,10H,2-3,6,13H2,1H3,(H2,14,17). The Hall–Kier alpha value is -1.62. The summed E-state index contributed by atoms with van der Waals surface area (Å²) in [5, 5.41) is 0. The molecular formula is C12H18N4O. The van der Waals surface area contributed by atoms with Crippen molar-refractivity contribution >= 4 is 11.7 Å². The fourth-order valence-electron chi connectivity index (χ4n) is 2.06. The fourth-order valence-corrected chi connectivity index (χ4v) is 2.06. The van der Waals surface area contributed by atoms with E-state index in [1.165, 1.54) is 19.0 Å². The topological polar surface area (TPSA) is 85.2 Å². The Bertz CT molecular complexity index is 399. The molecule has 5 nitrogen and oxygen atoms in total. The summed E-state index contributed by atoms with van der Waals surface area (Å²) in [6.07, 6.45) is 3.99. The van der Waals surface area contributed by atoms with E-state index < -0.39 is 5.91 Å². The number of hydrogen-bond donors (Lipinski definition) is 2. The molecule has 1 atom stereocenters. The quantitative estimate of drug-likeness (QED) is 0.770. The van der Waals surface area contributed by atoms with Crippen LogP contribution >= 0.6 is 0 Å². The molecule has 92 valence electrons. The molecule has 0 spiro atoms. The molecule has 0 bridgehead atoms. The van der Waals surface area contributed by atoms with E-state index in [2.05, 4.69) is 9.88 Å². The molecule has 1 aromatic heterocycles. The predicted octanol–water partition coefficient (Wildman–Crippen LogP) is 0.354. The van der Waals surface area contributed by atoms with Crippen LogP contribution in [0.1, 0.15) is 23.2 Å². The number of likely N-dealkylation sites (N-methyl/N-ethyl adjacent to an activating group) is 1. The zero-order chi connectivity index (χ0) is 12.4. The van der Waals surface area contributed by atoms with E-state index in [0.29, 0.717) is 24.1 Å². The second kappa shape index (κ2) is 4.71. The number of nitrogens with two attached hydrogens (primary N) is 2. The van der Waals surface area contributed by atoms with E-state index >= 15 is 0 Å². The Balaban J connectivity index is 2.12. The zero-order valence-electron chi connectivity index (χ0n) is 9.97. The van der Waals surface area contributed by atoms with Crippen molar-refractivity contribution < 1.29 is 4.79 Å². The van der Waals surface area contributed by atoms with Crippen LogP contribution in [0.25, 0.3) is 0 Å². The highest BCUT2D eigenvalue weighted by Crippen LogP contribution is 2.35. The van der Waals surface area contributed by atoms with Gasteiger partial charge in [0.1, 0.15) is 5.82 Å². The van der Waals surface area contributed by atoms with Gasteiger partial charge in [0, 0.05) is 25.8 Å². The second-order valence-electron chi connectivity index (χ2n) is 4.52. The van der Waals surface area contributed by atoms with Crippen LogP contribution in [0.5, 0.6) is 0 Å². The van der Waals surface area contributed by atoms with Crippen molar-refractivity contribution in [2.24, 2.45) is 17.4 Å². The van der Waals surface area contributed by atoms with Gasteiger partial charge in [0.25, 0.3) is 0 Å². The number of rotatable bonds is 5. The third-order valence-electron chi connectivity index (χ3n) is 3.30. The lowest BCUT2D eigenvalue weighted by atomic mass is 10.1. The molecule has 1 saturated carbocycles. The van der Waals surface area contributed by atoms with Crippen LogP contribution in [0.4, 0.5) is 5.82 Å². The highest BCUT2D eigenvalue weighted by molar-refractivity contribution is 5.92. The maximum atomic E-state index is 10.9. The van der Waals surface area contributed by atoms with Gasteiger partial charge < -0.3 is 16.4 Å². The minimum Gasteiger partial charge on any atom is -0.366 e. The number of anilines is 1. The summed E-state index contributed by atoms with van der Waals surface area (Å²) in [5.41, 5.74) is 11.4. The minimum atomic E-state index is -0.454. The van der Waals surface area contributed by atoms with Crippen LogP contribution in [0.15, 0.2) is 18.3 Å². The number of carbonyl (C=O) groups is 1. The molecule has 0 aromatic carbocycles. The molecular weight excluding hydrogens is 216 g/mol. The molecule has 0 radical (unpaired) electrons. The lowest BCUT2D eigenvalue weighted by molar-refractivity contribution is 0.1000. The number of aromatic nitrogens is 1. The average molecular weight is 234 g/mol. The van der Waals surface area contributed by atoms with E-state index in [-0.39, 0.29) is 0 Å². The van der Waals surface area contributed by atoms with Crippen molar-refractivity contribution in [2.45, 2.75) is 18.9 Å². The van der Waals surface area contributed by atoms with Crippen LogP contribution < -0.4 is 16.4 Å². The first-order chi connectivity index (χ1) is 8.13. The lowest BCUT2D eigenvalue weighted by Crippen LogP contribution is -2.40. The average Bonchev–Trinajstić information content (AvgIpc) is 3.14. The summed E-state index contributed by atoms with van der Waals surface area (Å²) in [7, 11) is 1.99. The van der Waals surface area contributed by atoms with Crippen molar-refractivity contribution in [1.29, 1.82) is 0 Å². The van der Waals surface area contributed by atoms with Crippen molar-refractivity contribution in [3.8, 4) is 0 Å². The molecule has 17 heavy (non-hydrogen) atoms. The lowest BCUT2D eigenvalue weighted by Gasteiger charge is -2.28. The van der Waals surface area contributed by atoms with E-state index in [1.807, 2.05) is 13.1 Å². The van der Waals surface area contributed by atoms with Crippen LogP contribution in [0, 0.1) is 5.92 Å². The van der Waals surface area contributed by atoms with Crippen LogP contribution in [0.2, 0.25) is 0 Å². The molecule has 1 heterocycles. The van der Waals surface area contributed by atoms with E-state index in [4.69, 9.17) is 11.5 Å². The highest BCUT2D eigenvalue weighted by atomic mass is 16.1. The van der Waals surface area contributed by atoms with Crippen LogP contribution in [-0.2, 0) is 0 Å². The molecule has 1 aliphatic rings. The number of carbonyl (C=O) groups excluding carboxylic acids is 1. The third kappa shape index (κ3) is 2.55. The molecule has 1 unspecified atom stereocenters. The monoisotopic (exact) mass is 234 g/mol. The summed E-state index contributed by atoms with van der Waals surface area (Å²) in [5.74, 6) is 1.06. The van der Waals surface area contributed by atoms with Gasteiger partial charge in [-0.05, 0) is 30.9 Å². The Morgan fingerprint density at radius 1 is 1.59 bits per heavy atom. The number of nitrogens with zero attached hydrogens (tertiary/aromatic N) is 2. The molecule has 2 rings (SSSR count). The van der Waals surface area contributed by atoms with E-state index in [9.17, 15) is 4.79 Å². The first-order valence-electron chi connectivity index (χ1n) is 5.82. The van der Waals surface area contributed by atoms with Crippen LogP contribution in [0.3, 0.4) is 0 Å². The summed E-state index contributed by atoms with van der Waals surface area (Å²) < 4.78 is 0. The summed E-state index contributed by atoms with van der Waals surface area (Å²) >= 11 is 0. The van der Waals surface area contributed by atoms with Gasteiger partial charge in [0.05, 0.1) is 5.56 Å². The Morgan fingerprint density at radius 2 is 2.29 bits per heavy atom. The first kappa shape index (κ1) is 11.9. The molecule has 4 N–H and O–H groups in total. The molecule has 5 heteroatoms. The highest BCUT2D eigenvalue weighted by Gasteiger charge is 2.33. The zero-order valence-corrected chi connectivity index (χ0v) is 9.97. The molecule has 1 fully saturated rings. The summed E-state index contributed by atoms with van der Waals surface area (Å²) in [6, 6.07) is 3.84. The molecule has 0 saturated heterocycles. The van der Waals surface area contributed by atoms with Gasteiger partial charge in [-0.25, -0.2) is 4.98 Å². The van der Waals surface area contributed by atoms with Gasteiger partial charge in [0.15, 0.2) is 0 Å². The van der Waals surface area contributed by atoms with Crippen molar-refractivity contribution in [3.63, 3.8) is 0 Å². The summed E-state index contributed by atoms with van der Waals surface area (Å²) in [4.78, 5) is 17.3. The van der Waals surface area contributed by atoms with Gasteiger partial charge in [0.2, 0.25) is 5.91 Å². The van der Waals surface area contributed by atoms with Gasteiger partial charge in [-0.3, -0.25) is 4.79 Å². The van der Waals surface area contributed by atoms with E-state index in [1.54, 1.807) is 6.07 Å². The van der Waals surface area contributed by atoms with Gasteiger partial charge >= 0.3 is 0 Å². The second-order valence-corrected chi connectivity index (χ2v) is 4.52. The number of hydrogen-bond acceptors (Lipinski definition) is 4. The predicted molar refractivity (Wildman–Crippen MR) is 66.7 cm³/mol. The Kier molecular flexibility index (Phi) is 3.28. The smallest absolute Gasteiger partial charge is 0.250 e. The SMILES string of the molecule is CN(c1ccc(C(N)=O)cn1)C(CN)C1CC1. The summed E-state index contributed by atoms with van der Waals surface area (Å²) in [6.45, 7) is 0.625. The molecule has 0 aliphatic heterocycles. The normalized spacial score (nSPS) is 16.6. The van der Waals surface area contributed by atoms with Crippen molar-refractivity contribution in [2.75, 3.05) is 18.5 Å². The largest absolute Gasteiger partial charge is 0.366 e. The van der Waals surface area contributed by atoms with Crippen LogP contribution in [-0.4, -0.2) is 30.5 Å². The first-order valence-corrected chi connectivity index (χ1v) is 5.82. The Labute approximate surface area is 101 Å².